The van der Waals surface area contributed by atoms with E-state index in [0.717, 1.165) is 59.9 Å². The van der Waals surface area contributed by atoms with Gasteiger partial charge in [-0.05, 0) is 40.7 Å². The fourth-order valence-corrected chi connectivity index (χ4v) is 5.67. The van der Waals surface area contributed by atoms with Crippen molar-refractivity contribution in [2.24, 2.45) is 5.92 Å². The first-order valence-corrected chi connectivity index (χ1v) is 15.0. The van der Waals surface area contributed by atoms with Gasteiger partial charge in [0.05, 0.1) is 6.04 Å². The van der Waals surface area contributed by atoms with Gasteiger partial charge in [-0.1, -0.05) is 131 Å². The number of unbranched alkanes of at least 4 members (excludes halogenated alkanes) is 4. The summed E-state index contributed by atoms with van der Waals surface area (Å²) in [5.74, 6) is -2.02. The molecule has 2 atom stereocenters. The maximum atomic E-state index is 13.9. The number of rotatable bonds is 16. The van der Waals surface area contributed by atoms with Gasteiger partial charge in [0, 0.05) is 5.92 Å². The molecule has 6 heteroatoms. The summed E-state index contributed by atoms with van der Waals surface area (Å²) in [6, 6.07) is 24.8. The van der Waals surface area contributed by atoms with Crippen LogP contribution in [-0.4, -0.2) is 37.1 Å². The molecule has 3 aromatic rings. The number of carbonyl (C=O) groups excluding carboxylic acids is 3. The van der Waals surface area contributed by atoms with E-state index < -0.39 is 24.0 Å². The number of alkyl carbamates (subject to hydrolysis) is 1. The van der Waals surface area contributed by atoms with Crippen LogP contribution in [0.3, 0.4) is 0 Å². The summed E-state index contributed by atoms with van der Waals surface area (Å²) < 4.78 is 11.1. The van der Waals surface area contributed by atoms with Crippen LogP contribution in [0.15, 0.2) is 91.5 Å². The zero-order valence-corrected chi connectivity index (χ0v) is 24.4. The number of nitrogens with one attached hydrogen (secondary N) is 1. The lowest BCUT2D eigenvalue weighted by atomic mass is 9.89. The number of amides is 1. The standard InChI is InChI=1S/C36H41NO5/c1-3-5-6-7-11-22-31(35(39)41-23-4-2)34(38)33(24-26-16-9-8-10-17-26)37-36(40)42-25-32-29-20-14-12-18-27(29)28-19-13-15-21-30(28)32/h4,8-10,12-21,31-33H,2-3,5-7,11,22-25H2,1H3,(H,37,40)/t31?,33-/m0/s1. The molecule has 3 aromatic carbocycles. The molecule has 0 aliphatic heterocycles. The van der Waals surface area contributed by atoms with Crippen molar-refractivity contribution < 1.29 is 23.9 Å². The zero-order chi connectivity index (χ0) is 29.7. The molecule has 0 heterocycles. The predicted molar refractivity (Wildman–Crippen MR) is 165 cm³/mol. The predicted octanol–water partition coefficient (Wildman–Crippen LogP) is 7.41. The first-order valence-electron chi connectivity index (χ1n) is 15.0. The fourth-order valence-electron chi connectivity index (χ4n) is 5.67. The molecular weight excluding hydrogens is 526 g/mol. The molecule has 4 rings (SSSR count). The molecule has 0 spiro atoms. The number of esters is 1. The van der Waals surface area contributed by atoms with Crippen molar-refractivity contribution in [1.29, 1.82) is 0 Å². The number of fused-ring (bicyclic) bond motifs is 3. The fraction of sp³-hybridized carbons (Fsp3) is 0.361. The maximum absolute atomic E-state index is 13.9. The Morgan fingerprint density at radius 1 is 0.833 bits per heavy atom. The van der Waals surface area contributed by atoms with Gasteiger partial charge in [-0.15, -0.1) is 0 Å². The van der Waals surface area contributed by atoms with Gasteiger partial charge in [0.15, 0.2) is 5.78 Å². The van der Waals surface area contributed by atoms with E-state index in [1.165, 1.54) is 6.08 Å². The Balaban J connectivity index is 1.48. The minimum atomic E-state index is -0.978. The van der Waals surface area contributed by atoms with Crippen molar-refractivity contribution in [2.75, 3.05) is 13.2 Å². The first kappa shape index (κ1) is 30.8. The van der Waals surface area contributed by atoms with E-state index >= 15 is 0 Å². The van der Waals surface area contributed by atoms with Crippen LogP contribution in [0.1, 0.15) is 68.1 Å². The molecule has 1 aliphatic rings. The lowest BCUT2D eigenvalue weighted by Crippen LogP contribution is -2.47. The number of Topliss-reactive ketones (excluding diaryl/α,β-unsaturated/α-hetero) is 1. The Labute approximate surface area is 249 Å². The molecule has 0 bridgehead atoms. The highest BCUT2D eigenvalue weighted by Crippen LogP contribution is 2.44. The molecule has 0 saturated carbocycles. The third-order valence-electron chi connectivity index (χ3n) is 7.83. The Bertz CT molecular complexity index is 1310. The summed E-state index contributed by atoms with van der Waals surface area (Å²) >= 11 is 0. The van der Waals surface area contributed by atoms with E-state index in [2.05, 4.69) is 43.1 Å². The van der Waals surface area contributed by atoms with Crippen molar-refractivity contribution in [1.82, 2.24) is 5.32 Å². The monoisotopic (exact) mass is 567 g/mol. The smallest absolute Gasteiger partial charge is 0.407 e. The molecule has 1 N–H and O–H groups in total. The van der Waals surface area contributed by atoms with Crippen molar-refractivity contribution in [2.45, 2.75) is 63.8 Å². The minimum Gasteiger partial charge on any atom is -0.461 e. The van der Waals surface area contributed by atoms with Crippen LogP contribution in [-0.2, 0) is 25.5 Å². The van der Waals surface area contributed by atoms with E-state index in [0.29, 0.717) is 6.42 Å². The van der Waals surface area contributed by atoms with E-state index in [4.69, 9.17) is 9.47 Å². The van der Waals surface area contributed by atoms with Gasteiger partial charge in [-0.2, -0.15) is 0 Å². The maximum Gasteiger partial charge on any atom is 0.407 e. The summed E-state index contributed by atoms with van der Waals surface area (Å²) in [5, 5.41) is 2.80. The van der Waals surface area contributed by atoms with E-state index in [1.807, 2.05) is 54.6 Å². The Morgan fingerprint density at radius 3 is 2.10 bits per heavy atom. The summed E-state index contributed by atoms with van der Waals surface area (Å²) in [5.41, 5.74) is 5.36. The van der Waals surface area contributed by atoms with Crippen molar-refractivity contribution in [3.05, 3.63) is 108 Å². The van der Waals surface area contributed by atoms with Crippen LogP contribution < -0.4 is 5.32 Å². The molecule has 6 nitrogen and oxygen atoms in total. The second-order valence-corrected chi connectivity index (χ2v) is 10.8. The molecule has 42 heavy (non-hydrogen) atoms. The van der Waals surface area contributed by atoms with Gasteiger partial charge in [-0.25, -0.2) is 4.79 Å². The summed E-state index contributed by atoms with van der Waals surface area (Å²) in [6.45, 7) is 5.91. The number of hydrogen-bond donors (Lipinski definition) is 1. The molecule has 0 saturated heterocycles. The lowest BCUT2D eigenvalue weighted by molar-refractivity contribution is -0.151. The zero-order valence-electron chi connectivity index (χ0n) is 24.4. The van der Waals surface area contributed by atoms with Gasteiger partial charge in [0.2, 0.25) is 0 Å². The molecule has 0 radical (unpaired) electrons. The molecule has 1 aliphatic carbocycles. The topological polar surface area (TPSA) is 81.7 Å². The van der Waals surface area contributed by atoms with Gasteiger partial charge in [-0.3, -0.25) is 9.59 Å². The van der Waals surface area contributed by atoms with Crippen molar-refractivity contribution >= 4 is 17.8 Å². The van der Waals surface area contributed by atoms with Gasteiger partial charge < -0.3 is 14.8 Å². The van der Waals surface area contributed by atoms with Crippen LogP contribution in [0.4, 0.5) is 4.79 Å². The third kappa shape index (κ3) is 7.96. The molecule has 1 amide bonds. The number of carbonyl (C=O) groups is 3. The highest BCUT2D eigenvalue weighted by atomic mass is 16.5. The molecule has 220 valence electrons. The SMILES string of the molecule is C=CCOC(=O)C(CCCCCCC)C(=O)[C@H](Cc1ccccc1)NC(=O)OCC1c2ccccc2-c2ccccc21. The average Bonchev–Trinajstić information content (AvgIpc) is 3.34. The van der Waals surface area contributed by atoms with Crippen LogP contribution >= 0.6 is 0 Å². The normalized spacial score (nSPS) is 13.4. The Morgan fingerprint density at radius 2 is 1.45 bits per heavy atom. The molecular formula is C36H41NO5. The van der Waals surface area contributed by atoms with E-state index in [9.17, 15) is 14.4 Å². The van der Waals surface area contributed by atoms with Crippen molar-refractivity contribution in [3.63, 3.8) is 0 Å². The minimum absolute atomic E-state index is 0.0294. The Hall–Kier alpha value is -4.19. The van der Waals surface area contributed by atoms with Gasteiger partial charge >= 0.3 is 12.1 Å². The number of ether oxygens (including phenoxy) is 2. The Kier molecular flexibility index (Phi) is 11.5. The molecule has 0 aromatic heterocycles. The quantitative estimate of drug-likeness (QED) is 0.0844. The number of ketones is 1. The third-order valence-corrected chi connectivity index (χ3v) is 7.83. The van der Waals surface area contributed by atoms with Gasteiger partial charge in [0.25, 0.3) is 0 Å². The van der Waals surface area contributed by atoms with Crippen LogP contribution in [0.5, 0.6) is 0 Å². The van der Waals surface area contributed by atoms with E-state index in [-0.39, 0.29) is 31.3 Å². The molecule has 1 unspecified atom stereocenters. The summed E-state index contributed by atoms with van der Waals surface area (Å²) in [4.78, 5) is 40.1. The van der Waals surface area contributed by atoms with Gasteiger partial charge in [0.1, 0.15) is 19.1 Å². The average molecular weight is 568 g/mol. The highest BCUT2D eigenvalue weighted by molar-refractivity contribution is 6.02. The highest BCUT2D eigenvalue weighted by Gasteiger charge is 2.35. The van der Waals surface area contributed by atoms with Crippen molar-refractivity contribution in [3.8, 4) is 11.1 Å². The molecule has 0 fully saturated rings. The summed E-state index contributed by atoms with van der Waals surface area (Å²) in [6.07, 6.45) is 6.32. The van der Waals surface area contributed by atoms with E-state index in [1.54, 1.807) is 0 Å². The second kappa shape index (κ2) is 15.7. The lowest BCUT2D eigenvalue weighted by Gasteiger charge is -2.23. The number of hydrogen-bond acceptors (Lipinski definition) is 5. The number of benzene rings is 3. The summed E-state index contributed by atoms with van der Waals surface area (Å²) in [7, 11) is 0. The van der Waals surface area contributed by atoms with Crippen LogP contribution in [0.2, 0.25) is 0 Å². The largest absolute Gasteiger partial charge is 0.461 e. The first-order chi connectivity index (χ1) is 20.5. The van der Waals surface area contributed by atoms with Crippen LogP contribution in [0, 0.1) is 5.92 Å². The second-order valence-electron chi connectivity index (χ2n) is 10.8. The van der Waals surface area contributed by atoms with Crippen LogP contribution in [0.25, 0.3) is 11.1 Å².